The fourth-order valence-electron chi connectivity index (χ4n) is 3.42. The number of amides is 1. The monoisotopic (exact) mass is 388 g/mol. The molecule has 148 valence electrons. The van der Waals surface area contributed by atoms with Crippen molar-refractivity contribution in [1.82, 2.24) is 20.3 Å². The first-order valence-electron chi connectivity index (χ1n) is 9.70. The van der Waals surface area contributed by atoms with Crippen molar-refractivity contribution in [3.63, 3.8) is 0 Å². The van der Waals surface area contributed by atoms with Crippen molar-refractivity contribution in [2.75, 3.05) is 29.9 Å². The second-order valence-electron chi connectivity index (χ2n) is 7.14. The molecule has 29 heavy (non-hydrogen) atoms. The van der Waals surface area contributed by atoms with Crippen LogP contribution in [0.4, 0.5) is 11.5 Å². The summed E-state index contributed by atoms with van der Waals surface area (Å²) >= 11 is 0. The van der Waals surface area contributed by atoms with Gasteiger partial charge in [0.25, 0.3) is 0 Å². The zero-order chi connectivity index (χ0) is 20.2. The normalized spacial score (nSPS) is 13.9. The van der Waals surface area contributed by atoms with Gasteiger partial charge in [-0.1, -0.05) is 12.1 Å². The van der Waals surface area contributed by atoms with Crippen LogP contribution in [-0.2, 0) is 11.3 Å². The number of pyridine rings is 1. The molecule has 0 aliphatic carbocycles. The summed E-state index contributed by atoms with van der Waals surface area (Å²) in [5.41, 5.74) is 5.07. The highest BCUT2D eigenvalue weighted by atomic mass is 16.2. The number of piperazine rings is 1. The summed E-state index contributed by atoms with van der Waals surface area (Å²) in [6.07, 6.45) is 1.76. The van der Waals surface area contributed by atoms with Crippen molar-refractivity contribution in [1.29, 1.82) is 0 Å². The molecule has 0 atom stereocenters. The summed E-state index contributed by atoms with van der Waals surface area (Å²) in [6.45, 7) is 6.56. The zero-order valence-electron chi connectivity index (χ0n) is 16.6. The number of rotatable bonds is 5. The molecule has 0 saturated carbocycles. The SMILES string of the molecule is Cc1nc(NCc2ccc(N3CCNC(=O)C3)cc2C)cc(-c2ccccn2)n1. The highest BCUT2D eigenvalue weighted by Crippen LogP contribution is 2.22. The predicted molar refractivity (Wildman–Crippen MR) is 114 cm³/mol. The van der Waals surface area contributed by atoms with Crippen LogP contribution in [0, 0.1) is 13.8 Å². The van der Waals surface area contributed by atoms with Crippen molar-refractivity contribution in [3.8, 4) is 11.4 Å². The molecule has 7 heteroatoms. The third-order valence-electron chi connectivity index (χ3n) is 4.95. The van der Waals surface area contributed by atoms with Crippen LogP contribution in [0.5, 0.6) is 0 Å². The average Bonchev–Trinajstić information content (AvgIpc) is 2.73. The van der Waals surface area contributed by atoms with Gasteiger partial charge < -0.3 is 15.5 Å². The van der Waals surface area contributed by atoms with E-state index in [1.54, 1.807) is 6.20 Å². The number of nitrogens with one attached hydrogen (secondary N) is 2. The number of benzene rings is 1. The molecule has 0 unspecified atom stereocenters. The van der Waals surface area contributed by atoms with Gasteiger partial charge in [-0.05, 0) is 49.2 Å². The lowest BCUT2D eigenvalue weighted by Gasteiger charge is -2.29. The van der Waals surface area contributed by atoms with E-state index in [1.165, 1.54) is 11.1 Å². The third kappa shape index (κ3) is 4.51. The Morgan fingerprint density at radius 1 is 1.10 bits per heavy atom. The van der Waals surface area contributed by atoms with Gasteiger partial charge in [0.15, 0.2) is 0 Å². The van der Waals surface area contributed by atoms with Crippen LogP contribution in [0.3, 0.4) is 0 Å². The second-order valence-corrected chi connectivity index (χ2v) is 7.14. The van der Waals surface area contributed by atoms with Crippen molar-refractivity contribution in [2.45, 2.75) is 20.4 Å². The molecule has 2 aromatic heterocycles. The summed E-state index contributed by atoms with van der Waals surface area (Å²) in [4.78, 5) is 27.1. The lowest BCUT2D eigenvalue weighted by molar-refractivity contribution is -0.120. The second kappa shape index (κ2) is 8.26. The number of anilines is 2. The van der Waals surface area contributed by atoms with Crippen LogP contribution < -0.4 is 15.5 Å². The summed E-state index contributed by atoms with van der Waals surface area (Å²) in [5.74, 6) is 1.54. The first-order chi connectivity index (χ1) is 14.1. The zero-order valence-corrected chi connectivity index (χ0v) is 16.6. The molecule has 0 radical (unpaired) electrons. The molecule has 0 spiro atoms. The van der Waals surface area contributed by atoms with Gasteiger partial charge in [-0.2, -0.15) is 0 Å². The molecule has 3 heterocycles. The Bertz CT molecular complexity index is 1020. The Balaban J connectivity index is 1.48. The first kappa shape index (κ1) is 18.9. The molecule has 3 aromatic rings. The van der Waals surface area contributed by atoms with Crippen LogP contribution >= 0.6 is 0 Å². The van der Waals surface area contributed by atoms with E-state index in [9.17, 15) is 4.79 Å². The minimum Gasteiger partial charge on any atom is -0.366 e. The molecule has 2 N–H and O–H groups in total. The highest BCUT2D eigenvalue weighted by molar-refractivity contribution is 5.82. The van der Waals surface area contributed by atoms with E-state index >= 15 is 0 Å². The fourth-order valence-corrected chi connectivity index (χ4v) is 3.42. The van der Waals surface area contributed by atoms with Crippen LogP contribution in [0.1, 0.15) is 17.0 Å². The van der Waals surface area contributed by atoms with Gasteiger partial charge in [0, 0.05) is 37.6 Å². The van der Waals surface area contributed by atoms with Gasteiger partial charge in [-0.25, -0.2) is 9.97 Å². The number of hydrogen-bond acceptors (Lipinski definition) is 6. The molecule has 0 bridgehead atoms. The fraction of sp³-hybridized carbons (Fsp3) is 0.273. The maximum Gasteiger partial charge on any atom is 0.239 e. The van der Waals surface area contributed by atoms with Crippen molar-refractivity contribution in [2.24, 2.45) is 0 Å². The van der Waals surface area contributed by atoms with Crippen molar-refractivity contribution in [3.05, 3.63) is 65.6 Å². The molecule has 1 fully saturated rings. The maximum atomic E-state index is 11.6. The summed E-state index contributed by atoms with van der Waals surface area (Å²) in [6, 6.07) is 14.0. The lowest BCUT2D eigenvalue weighted by Crippen LogP contribution is -2.47. The Kier molecular flexibility index (Phi) is 5.37. The number of carbonyl (C=O) groups excluding carboxylic acids is 1. The van der Waals surface area contributed by atoms with Crippen LogP contribution in [0.15, 0.2) is 48.7 Å². The number of aromatic nitrogens is 3. The molecule has 1 saturated heterocycles. The van der Waals surface area contributed by atoms with E-state index in [4.69, 9.17) is 0 Å². The molecule has 1 aromatic carbocycles. The van der Waals surface area contributed by atoms with E-state index in [-0.39, 0.29) is 5.91 Å². The quantitative estimate of drug-likeness (QED) is 0.699. The van der Waals surface area contributed by atoms with Crippen molar-refractivity contribution >= 4 is 17.4 Å². The molecule has 1 amide bonds. The minimum absolute atomic E-state index is 0.0717. The number of carbonyl (C=O) groups is 1. The summed E-state index contributed by atoms with van der Waals surface area (Å²) in [7, 11) is 0. The van der Waals surface area contributed by atoms with Crippen LogP contribution in [0.2, 0.25) is 0 Å². The molecule has 4 rings (SSSR count). The van der Waals surface area contributed by atoms with Gasteiger partial charge in [-0.3, -0.25) is 9.78 Å². The molecule has 1 aliphatic heterocycles. The Morgan fingerprint density at radius 2 is 2.00 bits per heavy atom. The Hall–Kier alpha value is -3.48. The summed E-state index contributed by atoms with van der Waals surface area (Å²) < 4.78 is 0. The van der Waals surface area contributed by atoms with Crippen LogP contribution in [-0.4, -0.2) is 40.5 Å². The van der Waals surface area contributed by atoms with E-state index in [1.807, 2.05) is 31.2 Å². The van der Waals surface area contributed by atoms with Crippen LogP contribution in [0.25, 0.3) is 11.4 Å². The molecular formula is C22H24N6O. The highest BCUT2D eigenvalue weighted by Gasteiger charge is 2.17. The van der Waals surface area contributed by atoms with Gasteiger partial charge in [0.2, 0.25) is 5.91 Å². The van der Waals surface area contributed by atoms with Gasteiger partial charge >= 0.3 is 0 Å². The minimum atomic E-state index is 0.0717. The van der Waals surface area contributed by atoms with Gasteiger partial charge in [0.1, 0.15) is 11.6 Å². The first-order valence-corrected chi connectivity index (χ1v) is 9.70. The standard InChI is InChI=1S/C22H24N6O/c1-15-11-18(28-10-9-24-22(29)14-28)7-6-17(15)13-25-21-12-20(26-16(2)27-21)19-5-3-4-8-23-19/h3-8,11-12H,9-10,13-14H2,1-2H3,(H,24,29)(H,25,26,27). The number of aryl methyl sites for hydroxylation is 2. The molecule has 1 aliphatic rings. The number of hydrogen-bond donors (Lipinski definition) is 2. The van der Waals surface area contributed by atoms with E-state index in [0.717, 1.165) is 29.4 Å². The lowest BCUT2D eigenvalue weighted by atomic mass is 10.1. The summed E-state index contributed by atoms with van der Waals surface area (Å²) in [5, 5.41) is 6.26. The molecule has 7 nitrogen and oxygen atoms in total. The van der Waals surface area contributed by atoms with E-state index in [2.05, 4.69) is 55.6 Å². The Morgan fingerprint density at radius 3 is 2.76 bits per heavy atom. The van der Waals surface area contributed by atoms with E-state index in [0.29, 0.717) is 25.5 Å². The van der Waals surface area contributed by atoms with Gasteiger partial charge in [-0.15, -0.1) is 0 Å². The predicted octanol–water partition coefficient (Wildman–Crippen LogP) is 2.70. The Labute approximate surface area is 170 Å². The van der Waals surface area contributed by atoms with E-state index < -0.39 is 0 Å². The smallest absolute Gasteiger partial charge is 0.239 e. The average molecular weight is 388 g/mol. The largest absolute Gasteiger partial charge is 0.366 e. The third-order valence-corrected chi connectivity index (χ3v) is 4.95. The number of nitrogens with zero attached hydrogens (tertiary/aromatic N) is 4. The topological polar surface area (TPSA) is 83.0 Å². The van der Waals surface area contributed by atoms with Crippen molar-refractivity contribution < 1.29 is 4.79 Å². The van der Waals surface area contributed by atoms with Gasteiger partial charge in [0.05, 0.1) is 17.9 Å². The maximum absolute atomic E-state index is 11.6. The molecular weight excluding hydrogens is 364 g/mol.